The summed E-state index contributed by atoms with van der Waals surface area (Å²) in [5.74, 6) is 0. The van der Waals surface area contributed by atoms with E-state index in [4.69, 9.17) is 34.6 Å². The van der Waals surface area contributed by atoms with Crippen LogP contribution in [0.4, 0.5) is 0 Å². The van der Waals surface area contributed by atoms with Crippen molar-refractivity contribution in [3.05, 3.63) is 15.3 Å². The molecule has 0 atom stereocenters. The first kappa shape index (κ1) is 23.4. The van der Waals surface area contributed by atoms with E-state index in [1.165, 1.54) is 0 Å². The molecule has 2 N–H and O–H groups in total. The van der Waals surface area contributed by atoms with E-state index in [1.807, 2.05) is 0 Å². The van der Waals surface area contributed by atoms with Gasteiger partial charge in [0.25, 0.3) is 7.82 Å². The Morgan fingerprint density at radius 1 is 1.18 bits per heavy atom. The maximum Gasteiger partial charge on any atom is 1.00 e. The molecule has 0 bridgehead atoms. The molecule has 11 heavy (non-hydrogen) atoms. The molecule has 56 valence electrons. The van der Waals surface area contributed by atoms with Crippen molar-refractivity contribution in [1.29, 1.82) is 0 Å². The Kier molecular flexibility index (Phi) is 26.8. The van der Waals surface area contributed by atoms with Crippen molar-refractivity contribution >= 4 is 7.82 Å². The van der Waals surface area contributed by atoms with Crippen molar-refractivity contribution in [2.24, 2.45) is 0 Å². The predicted octanol–water partition coefficient (Wildman–Crippen LogP) is -7.79. The van der Waals surface area contributed by atoms with E-state index in [1.54, 1.807) is 0 Å². The normalized spacial score (nSPS) is 7.55. The summed E-state index contributed by atoms with van der Waals surface area (Å²) in [4.78, 5) is 31.2. The van der Waals surface area contributed by atoms with Crippen molar-refractivity contribution in [2.75, 3.05) is 0 Å². The van der Waals surface area contributed by atoms with E-state index in [0.29, 0.717) is 0 Å². The van der Waals surface area contributed by atoms with Gasteiger partial charge in [-0.25, -0.2) is 0 Å². The minimum absolute atomic E-state index is 0. The van der Waals surface area contributed by atoms with Crippen LogP contribution in [0.1, 0.15) is 0 Å². The third-order valence-electron chi connectivity index (χ3n) is 0. The Bertz CT molecular complexity index is 116. The molecule has 0 saturated carbocycles. The Balaban J connectivity index is -0.0000000383. The fourth-order valence-corrected chi connectivity index (χ4v) is 0. The molecular formula is H2K2NO7P. The first-order valence-corrected chi connectivity index (χ1v) is 2.84. The third kappa shape index (κ3) is 211. The number of nitrogens with zero attached hydrogens (tertiary/aromatic N) is 1. The summed E-state index contributed by atoms with van der Waals surface area (Å²) in [5.41, 5.74) is 0. The van der Waals surface area contributed by atoms with Crippen LogP contribution < -0.4 is 108 Å². The van der Waals surface area contributed by atoms with Gasteiger partial charge in [-0.2, -0.15) is 0 Å². The van der Waals surface area contributed by atoms with E-state index in [0.717, 1.165) is 0 Å². The molecule has 0 unspecified atom stereocenters. The van der Waals surface area contributed by atoms with Gasteiger partial charge in [-0.15, -0.1) is 0 Å². The number of hydrogen-bond donors (Lipinski definition) is 2. The molecule has 11 heteroatoms. The van der Waals surface area contributed by atoms with E-state index < -0.39 is 12.9 Å². The molecule has 0 aliphatic heterocycles. The maximum atomic E-state index is 8.77. The minimum Gasteiger partial charge on any atom is -0.756 e. The third-order valence-corrected chi connectivity index (χ3v) is 0. The van der Waals surface area contributed by atoms with Crippen LogP contribution in [-0.4, -0.2) is 14.9 Å². The molecule has 0 aromatic heterocycles. The van der Waals surface area contributed by atoms with Crippen LogP contribution in [-0.2, 0) is 4.57 Å². The van der Waals surface area contributed by atoms with Gasteiger partial charge in [0.05, 0.1) is 5.09 Å². The van der Waals surface area contributed by atoms with Crippen LogP contribution >= 0.6 is 7.82 Å². The summed E-state index contributed by atoms with van der Waals surface area (Å²) in [5, 5.41) is 14.8. The molecule has 0 aromatic carbocycles. The summed E-state index contributed by atoms with van der Waals surface area (Å²) < 4.78 is 8.77. The molecule has 0 fully saturated rings. The molecule has 0 spiro atoms. The monoisotopic (exact) mass is 237 g/mol. The van der Waals surface area contributed by atoms with Gasteiger partial charge in [0.15, 0.2) is 0 Å². The van der Waals surface area contributed by atoms with Crippen LogP contribution in [0.15, 0.2) is 0 Å². The molecular weight excluding hydrogens is 235 g/mol. The largest absolute Gasteiger partial charge is 1.00 e. The van der Waals surface area contributed by atoms with Crippen LogP contribution in [0.25, 0.3) is 0 Å². The van der Waals surface area contributed by atoms with E-state index >= 15 is 0 Å². The van der Waals surface area contributed by atoms with Crippen LogP contribution in [0, 0.1) is 15.3 Å². The summed E-state index contributed by atoms with van der Waals surface area (Å²) >= 11 is 0. The molecule has 8 nitrogen and oxygen atoms in total. The van der Waals surface area contributed by atoms with Crippen molar-refractivity contribution < 1.29 is 127 Å². The Morgan fingerprint density at radius 2 is 1.18 bits per heavy atom. The summed E-state index contributed by atoms with van der Waals surface area (Å²) in [6, 6.07) is 0. The summed E-state index contributed by atoms with van der Waals surface area (Å²) in [6.45, 7) is 0. The number of phosphoric acid groups is 1. The van der Waals surface area contributed by atoms with E-state index in [2.05, 4.69) is 0 Å². The quantitative estimate of drug-likeness (QED) is 0.184. The van der Waals surface area contributed by atoms with Gasteiger partial charge in [0.2, 0.25) is 0 Å². The first-order valence-electron chi connectivity index (χ1n) is 1.31. The minimum atomic E-state index is -4.89. The molecule has 0 saturated heterocycles. The first-order chi connectivity index (χ1) is 3.73. The topological polar surface area (TPSA) is 147 Å². The molecule has 0 aromatic rings. The molecule has 0 aliphatic rings. The summed E-state index contributed by atoms with van der Waals surface area (Å²) in [7, 11) is -4.89. The zero-order chi connectivity index (χ0) is 8.08. The van der Waals surface area contributed by atoms with Crippen molar-refractivity contribution in [3.63, 3.8) is 0 Å². The van der Waals surface area contributed by atoms with E-state index in [9.17, 15) is 0 Å². The van der Waals surface area contributed by atoms with Crippen molar-refractivity contribution in [1.82, 2.24) is 0 Å². The second-order valence-corrected chi connectivity index (χ2v) is 1.70. The zero-order valence-corrected chi connectivity index (χ0v) is 13.0. The molecule has 0 radical (unpaired) electrons. The SMILES string of the molecule is O=P([O-])(O)O.O=[N+]([O-])[O-].[K+].[K+]. The predicted molar refractivity (Wildman–Crippen MR) is 22.4 cm³/mol. The van der Waals surface area contributed by atoms with Crippen molar-refractivity contribution in [3.8, 4) is 0 Å². The smallest absolute Gasteiger partial charge is 0.756 e. The van der Waals surface area contributed by atoms with Gasteiger partial charge < -0.3 is 30.0 Å². The van der Waals surface area contributed by atoms with Gasteiger partial charge in [0, 0.05) is 0 Å². The second kappa shape index (κ2) is 12.6. The number of rotatable bonds is 0. The molecule has 0 rings (SSSR count). The van der Waals surface area contributed by atoms with Gasteiger partial charge >= 0.3 is 103 Å². The Labute approximate surface area is 147 Å². The van der Waals surface area contributed by atoms with Crippen LogP contribution in [0.3, 0.4) is 0 Å². The fourth-order valence-electron chi connectivity index (χ4n) is 0. The van der Waals surface area contributed by atoms with Crippen LogP contribution in [0.2, 0.25) is 0 Å². The number of hydrogen-bond acceptors (Lipinski definition) is 5. The van der Waals surface area contributed by atoms with Gasteiger partial charge in [-0.1, -0.05) is 0 Å². The molecule has 0 aliphatic carbocycles. The fraction of sp³-hybridized carbons (Fsp3) is 0. The van der Waals surface area contributed by atoms with E-state index in [-0.39, 0.29) is 103 Å². The average molecular weight is 237 g/mol. The van der Waals surface area contributed by atoms with Gasteiger partial charge in [-0.3, -0.25) is 4.57 Å². The van der Waals surface area contributed by atoms with Crippen molar-refractivity contribution in [2.45, 2.75) is 0 Å². The molecule has 0 heterocycles. The van der Waals surface area contributed by atoms with Gasteiger partial charge in [-0.05, 0) is 0 Å². The Hall–Kier alpha value is 2.58. The van der Waals surface area contributed by atoms with Crippen LogP contribution in [0.5, 0.6) is 0 Å². The summed E-state index contributed by atoms with van der Waals surface area (Å²) in [6.07, 6.45) is 0. The molecule has 0 amide bonds. The standard InChI is InChI=1S/2K.NO3.H3O4P/c;;2-1(3)4;1-5(2,3)4/h;;;(H3,1,2,3,4)/q2*+1;-1;/p-1. The Morgan fingerprint density at radius 3 is 1.18 bits per heavy atom. The average Bonchev–Trinajstić information content (AvgIpc) is 1.19. The van der Waals surface area contributed by atoms with Gasteiger partial charge in [0.1, 0.15) is 0 Å². The zero-order valence-electron chi connectivity index (χ0n) is 5.83. The second-order valence-electron chi connectivity index (χ2n) is 0.714. The maximum absolute atomic E-state index is 8.77.